The van der Waals surface area contributed by atoms with Crippen LogP contribution in [0, 0.1) is 5.82 Å². The Bertz CT molecular complexity index is 1310. The summed E-state index contributed by atoms with van der Waals surface area (Å²) in [5.41, 5.74) is 1.94. The first-order chi connectivity index (χ1) is 16.5. The molecule has 0 aliphatic carbocycles. The summed E-state index contributed by atoms with van der Waals surface area (Å²) in [6.07, 6.45) is 5.51. The summed E-state index contributed by atoms with van der Waals surface area (Å²) in [6.45, 7) is 2.74. The predicted octanol–water partition coefficient (Wildman–Crippen LogP) is 3.75. The zero-order valence-electron chi connectivity index (χ0n) is 18.8. The average molecular weight is 462 g/mol. The molecule has 1 amide bonds. The van der Waals surface area contributed by atoms with Crippen molar-refractivity contribution in [1.82, 2.24) is 30.0 Å². The van der Waals surface area contributed by atoms with Crippen LogP contribution in [0.2, 0.25) is 0 Å². The summed E-state index contributed by atoms with van der Waals surface area (Å²) in [5.74, 6) is 1.01. The van der Waals surface area contributed by atoms with Gasteiger partial charge in [-0.3, -0.25) is 9.48 Å². The lowest BCUT2D eigenvalue weighted by Gasteiger charge is -2.17. The third kappa shape index (κ3) is 4.77. The maximum absolute atomic E-state index is 13.3. The summed E-state index contributed by atoms with van der Waals surface area (Å²) >= 11 is 0. The average Bonchev–Trinajstić information content (AvgIpc) is 3.31. The van der Waals surface area contributed by atoms with Crippen LogP contribution in [0.5, 0.6) is 5.75 Å². The first kappa shape index (κ1) is 22.6. The van der Waals surface area contributed by atoms with E-state index in [4.69, 9.17) is 4.74 Å². The molecule has 0 aliphatic heterocycles. The second-order valence-corrected chi connectivity index (χ2v) is 7.11. The fourth-order valence-corrected chi connectivity index (χ4v) is 3.31. The molecule has 4 rings (SSSR count). The highest BCUT2D eigenvalue weighted by atomic mass is 19.1. The van der Waals surface area contributed by atoms with Crippen LogP contribution in [0.25, 0.3) is 11.4 Å². The first-order valence-corrected chi connectivity index (χ1v) is 10.5. The van der Waals surface area contributed by atoms with Crippen molar-refractivity contribution < 1.29 is 13.9 Å². The number of halogens is 1. The maximum Gasteiger partial charge on any atom is 0.254 e. The van der Waals surface area contributed by atoms with E-state index in [2.05, 4.69) is 36.0 Å². The summed E-state index contributed by atoms with van der Waals surface area (Å²) < 4.78 is 20.7. The Hall–Kier alpha value is -4.54. The summed E-state index contributed by atoms with van der Waals surface area (Å²) in [7, 11) is 3.06. The van der Waals surface area contributed by atoms with Crippen LogP contribution in [0.15, 0.2) is 55.1 Å². The van der Waals surface area contributed by atoms with Crippen LogP contribution in [0.1, 0.15) is 17.3 Å². The van der Waals surface area contributed by atoms with Gasteiger partial charge in [-0.15, -0.1) is 0 Å². The van der Waals surface area contributed by atoms with Crippen molar-refractivity contribution in [2.45, 2.75) is 13.5 Å². The summed E-state index contributed by atoms with van der Waals surface area (Å²) in [4.78, 5) is 24.9. The van der Waals surface area contributed by atoms with Crippen molar-refractivity contribution in [3.05, 3.63) is 66.5 Å². The van der Waals surface area contributed by atoms with Crippen LogP contribution in [-0.2, 0) is 6.54 Å². The number of nitrogens with zero attached hydrogens (tertiary/aromatic N) is 5. The summed E-state index contributed by atoms with van der Waals surface area (Å²) in [6, 6.07) is 8.87. The Kier molecular flexibility index (Phi) is 6.62. The number of aromatic nitrogens is 5. The van der Waals surface area contributed by atoms with Crippen LogP contribution in [0.3, 0.4) is 0 Å². The highest BCUT2D eigenvalue weighted by molar-refractivity contribution is 6.00. The van der Waals surface area contributed by atoms with E-state index < -0.39 is 5.82 Å². The Morgan fingerprint density at radius 3 is 2.53 bits per heavy atom. The van der Waals surface area contributed by atoms with Crippen molar-refractivity contribution in [2.24, 2.45) is 0 Å². The number of aryl methyl sites for hydroxylation is 1. The number of methoxy groups -OCH3 is 1. The number of benzene rings is 1. The molecule has 0 saturated heterocycles. The van der Waals surface area contributed by atoms with E-state index in [0.717, 1.165) is 18.9 Å². The van der Waals surface area contributed by atoms with Gasteiger partial charge in [-0.25, -0.2) is 19.3 Å². The van der Waals surface area contributed by atoms with E-state index in [-0.39, 0.29) is 5.91 Å². The van der Waals surface area contributed by atoms with Crippen LogP contribution in [0.4, 0.5) is 27.4 Å². The zero-order valence-corrected chi connectivity index (χ0v) is 18.8. The van der Waals surface area contributed by atoms with Crippen molar-refractivity contribution in [3.63, 3.8) is 0 Å². The molecule has 0 saturated carbocycles. The molecule has 0 aliphatic rings. The molecule has 3 N–H and O–H groups in total. The molecule has 3 heterocycles. The molecule has 0 fully saturated rings. The van der Waals surface area contributed by atoms with E-state index in [0.29, 0.717) is 45.7 Å². The number of ether oxygens (including phenoxy) is 1. The second kappa shape index (κ2) is 9.94. The molecule has 4 aromatic rings. The van der Waals surface area contributed by atoms with Gasteiger partial charge in [0.1, 0.15) is 5.82 Å². The topological polar surface area (TPSA) is 119 Å². The van der Waals surface area contributed by atoms with Gasteiger partial charge in [-0.2, -0.15) is 5.10 Å². The molecular weight excluding hydrogens is 439 g/mol. The number of rotatable bonds is 8. The molecule has 0 atom stereocenters. The van der Waals surface area contributed by atoms with Crippen molar-refractivity contribution in [3.8, 4) is 17.1 Å². The van der Waals surface area contributed by atoms with Gasteiger partial charge in [-0.05, 0) is 19.1 Å². The molecule has 34 heavy (non-hydrogen) atoms. The fraction of sp³-hybridized carbons (Fsp3) is 0.174. The SMILES string of the molecule is CCn1ccc(Nc2cc(Nc3cccc(-c4ncc(F)cn4)c3OC)c(C(=O)NC)cn2)n1. The van der Waals surface area contributed by atoms with Crippen molar-refractivity contribution in [2.75, 3.05) is 24.8 Å². The van der Waals surface area contributed by atoms with Gasteiger partial charge in [0.25, 0.3) is 5.91 Å². The molecule has 10 nitrogen and oxygen atoms in total. The van der Waals surface area contributed by atoms with Crippen LogP contribution < -0.4 is 20.7 Å². The van der Waals surface area contributed by atoms with Crippen molar-refractivity contribution in [1.29, 1.82) is 0 Å². The number of amides is 1. The quantitative estimate of drug-likeness (QED) is 0.362. The van der Waals surface area contributed by atoms with Gasteiger partial charge >= 0.3 is 0 Å². The van der Waals surface area contributed by atoms with E-state index in [1.54, 1.807) is 36.0 Å². The minimum Gasteiger partial charge on any atom is -0.494 e. The van der Waals surface area contributed by atoms with E-state index in [9.17, 15) is 9.18 Å². The summed E-state index contributed by atoms with van der Waals surface area (Å²) in [5, 5.41) is 13.4. The third-order valence-corrected chi connectivity index (χ3v) is 4.95. The molecule has 0 spiro atoms. The highest BCUT2D eigenvalue weighted by Gasteiger charge is 2.17. The zero-order chi connectivity index (χ0) is 24.1. The monoisotopic (exact) mass is 462 g/mol. The molecule has 174 valence electrons. The smallest absolute Gasteiger partial charge is 0.254 e. The normalized spacial score (nSPS) is 10.6. The number of pyridine rings is 1. The standard InChI is InChI=1S/C23H23FN8O2/c1-4-32-9-8-19(31-32)30-20-10-18(16(13-26-20)23(33)25-2)29-17-7-5-6-15(21(17)34-3)22-27-11-14(24)12-28-22/h5-13H,4H2,1-3H3,(H,25,33)(H2,26,29,30,31). The minimum absolute atomic E-state index is 0.303. The number of carbonyl (C=O) groups excluding carboxylic acids is 1. The fourth-order valence-electron chi connectivity index (χ4n) is 3.31. The number of hydrogen-bond acceptors (Lipinski definition) is 8. The molecule has 0 radical (unpaired) electrons. The van der Waals surface area contributed by atoms with Crippen LogP contribution in [-0.4, -0.2) is 44.8 Å². The van der Waals surface area contributed by atoms with E-state index in [1.165, 1.54) is 13.3 Å². The second-order valence-electron chi connectivity index (χ2n) is 7.11. The lowest BCUT2D eigenvalue weighted by molar-refractivity contribution is 0.0963. The Morgan fingerprint density at radius 2 is 1.85 bits per heavy atom. The minimum atomic E-state index is -0.534. The number of carbonyl (C=O) groups is 1. The van der Waals surface area contributed by atoms with Gasteiger partial charge in [-0.1, -0.05) is 6.07 Å². The predicted molar refractivity (Wildman–Crippen MR) is 126 cm³/mol. The van der Waals surface area contributed by atoms with Gasteiger partial charge in [0.15, 0.2) is 23.2 Å². The number of nitrogens with one attached hydrogen (secondary N) is 3. The van der Waals surface area contributed by atoms with E-state index in [1.807, 2.05) is 19.2 Å². The molecule has 1 aromatic carbocycles. The van der Waals surface area contributed by atoms with Gasteiger partial charge in [0, 0.05) is 38.1 Å². The third-order valence-electron chi connectivity index (χ3n) is 4.95. The largest absolute Gasteiger partial charge is 0.494 e. The number of hydrogen-bond donors (Lipinski definition) is 3. The Morgan fingerprint density at radius 1 is 1.06 bits per heavy atom. The Labute approximate surface area is 195 Å². The van der Waals surface area contributed by atoms with Crippen LogP contribution >= 0.6 is 0 Å². The number of para-hydroxylation sites is 1. The molecular formula is C23H23FN8O2. The molecule has 11 heteroatoms. The molecule has 0 unspecified atom stereocenters. The lowest BCUT2D eigenvalue weighted by atomic mass is 10.1. The lowest BCUT2D eigenvalue weighted by Crippen LogP contribution is -2.19. The van der Waals surface area contributed by atoms with E-state index >= 15 is 0 Å². The highest BCUT2D eigenvalue weighted by Crippen LogP contribution is 2.37. The van der Waals surface area contributed by atoms with Gasteiger partial charge in [0.2, 0.25) is 0 Å². The number of anilines is 4. The Balaban J connectivity index is 1.72. The molecule has 0 bridgehead atoms. The molecule has 3 aromatic heterocycles. The van der Waals surface area contributed by atoms with Gasteiger partial charge in [0.05, 0.1) is 42.0 Å². The van der Waals surface area contributed by atoms with Crippen molar-refractivity contribution >= 4 is 28.9 Å². The first-order valence-electron chi connectivity index (χ1n) is 10.5. The van der Waals surface area contributed by atoms with Gasteiger partial charge < -0.3 is 20.7 Å². The maximum atomic E-state index is 13.3.